The molecule has 0 aliphatic heterocycles. The first-order valence-electron chi connectivity index (χ1n) is 1.19. The lowest BCUT2D eigenvalue weighted by Crippen LogP contribution is -2.04. The highest BCUT2D eigenvalue weighted by molar-refractivity contribution is 5.84. The zero-order valence-electron chi connectivity index (χ0n) is 3.27. The third-order valence-corrected chi connectivity index (χ3v) is 0.201. The molecule has 0 radical (unpaired) electrons. The van der Waals surface area contributed by atoms with Gasteiger partial charge in [-0.2, -0.15) is 0 Å². The molecule has 0 saturated heterocycles. The fourth-order valence-electron chi connectivity index (χ4n) is 0. The summed E-state index contributed by atoms with van der Waals surface area (Å²) < 4.78 is 0. The topological polar surface area (TPSA) is 74.6 Å². The lowest BCUT2D eigenvalue weighted by atomic mass is 10.6. The Kier molecular flexibility index (Phi) is 20.9. The summed E-state index contributed by atoms with van der Waals surface area (Å²) in [4.78, 5) is 9.47. The molecule has 4 N–H and O–H groups in total. The standard InChI is InChI=1S/C3H5NO.H2O.H4Si/c1-2-3(4)5;;/h2H,1H2,(H2,4,5);1H2;1H4. The Morgan fingerprint density at radius 2 is 1.86 bits per heavy atom. The number of primary amides is 1. The lowest BCUT2D eigenvalue weighted by molar-refractivity contribution is -0.113. The number of nitrogens with two attached hydrogens (primary N) is 1. The van der Waals surface area contributed by atoms with Gasteiger partial charge in [-0.15, -0.1) is 0 Å². The van der Waals surface area contributed by atoms with Crippen molar-refractivity contribution in [3.05, 3.63) is 12.7 Å². The zero-order chi connectivity index (χ0) is 4.28. The highest BCUT2D eigenvalue weighted by Gasteiger charge is 1.69. The smallest absolute Gasteiger partial charge is 0.240 e. The Balaban J connectivity index is -0.0000000800. The van der Waals surface area contributed by atoms with Crippen LogP contribution < -0.4 is 5.73 Å². The van der Waals surface area contributed by atoms with Crippen LogP contribution in [0.3, 0.4) is 0 Å². The summed E-state index contributed by atoms with van der Waals surface area (Å²) in [6.45, 7) is 3.09. The molecule has 4 heteroatoms. The van der Waals surface area contributed by atoms with Crippen molar-refractivity contribution in [2.75, 3.05) is 0 Å². The molecule has 0 saturated carbocycles. The van der Waals surface area contributed by atoms with Crippen molar-refractivity contribution in [2.45, 2.75) is 0 Å². The van der Waals surface area contributed by atoms with Crippen LogP contribution in [0.2, 0.25) is 0 Å². The summed E-state index contributed by atoms with van der Waals surface area (Å²) in [5.41, 5.74) is 4.53. The molecule has 0 aliphatic rings. The van der Waals surface area contributed by atoms with Crippen molar-refractivity contribution >= 4 is 16.9 Å². The van der Waals surface area contributed by atoms with Crippen molar-refractivity contribution in [1.82, 2.24) is 0 Å². The number of hydrogen-bond donors (Lipinski definition) is 1. The molecule has 3 nitrogen and oxygen atoms in total. The number of carbonyl (C=O) groups is 1. The Morgan fingerprint density at radius 1 is 1.71 bits per heavy atom. The van der Waals surface area contributed by atoms with Gasteiger partial charge in [0, 0.05) is 0 Å². The normalized spacial score (nSPS) is 4.57. The molecule has 7 heavy (non-hydrogen) atoms. The summed E-state index contributed by atoms with van der Waals surface area (Å²) in [5, 5.41) is 0. The third-order valence-electron chi connectivity index (χ3n) is 0.201. The van der Waals surface area contributed by atoms with E-state index in [1.165, 1.54) is 0 Å². The van der Waals surface area contributed by atoms with Crippen LogP contribution in [0.1, 0.15) is 0 Å². The van der Waals surface area contributed by atoms with E-state index in [4.69, 9.17) is 0 Å². The highest BCUT2D eigenvalue weighted by atomic mass is 28.1. The molecule has 0 spiro atoms. The minimum atomic E-state index is -0.481. The van der Waals surface area contributed by atoms with Gasteiger partial charge in [0.1, 0.15) is 0 Å². The van der Waals surface area contributed by atoms with Gasteiger partial charge in [0.25, 0.3) is 0 Å². The van der Waals surface area contributed by atoms with E-state index in [2.05, 4.69) is 12.3 Å². The van der Waals surface area contributed by atoms with Crippen molar-refractivity contribution < 1.29 is 10.3 Å². The summed E-state index contributed by atoms with van der Waals surface area (Å²) in [6, 6.07) is 0. The van der Waals surface area contributed by atoms with Crippen LogP contribution in [0.25, 0.3) is 0 Å². The Hall–Kier alpha value is -0.613. The van der Waals surface area contributed by atoms with E-state index < -0.39 is 5.91 Å². The van der Waals surface area contributed by atoms with E-state index in [1.54, 1.807) is 0 Å². The second kappa shape index (κ2) is 9.04. The van der Waals surface area contributed by atoms with Crippen LogP contribution in [-0.4, -0.2) is 22.3 Å². The molecular weight excluding hydrogens is 110 g/mol. The van der Waals surface area contributed by atoms with Crippen LogP contribution in [0.4, 0.5) is 0 Å². The van der Waals surface area contributed by atoms with Gasteiger partial charge in [0.15, 0.2) is 0 Å². The molecule has 1 amide bonds. The molecule has 0 heterocycles. The fraction of sp³-hybridized carbons (Fsp3) is 0. The zero-order valence-corrected chi connectivity index (χ0v) is 3.27. The van der Waals surface area contributed by atoms with Crippen LogP contribution in [0.15, 0.2) is 12.7 Å². The fourth-order valence-corrected chi connectivity index (χ4v) is 0. The first kappa shape index (κ1) is 16.2. The third kappa shape index (κ3) is 32.1. The van der Waals surface area contributed by atoms with Crippen molar-refractivity contribution in [1.29, 1.82) is 0 Å². The highest BCUT2D eigenvalue weighted by Crippen LogP contribution is 1.48. The SMILES string of the molecule is C=CC(N)=O.O.[SiH4]. The van der Waals surface area contributed by atoms with Crippen LogP contribution >= 0.6 is 0 Å². The average Bonchev–Trinajstić information content (AvgIpc) is 1.38. The molecule has 0 aromatic heterocycles. The number of carbonyl (C=O) groups excluding carboxylic acids is 1. The predicted octanol–water partition coefficient (Wildman–Crippen LogP) is -2.62. The van der Waals surface area contributed by atoms with Gasteiger partial charge in [-0.25, -0.2) is 0 Å². The van der Waals surface area contributed by atoms with Crippen LogP contribution in [0.5, 0.6) is 0 Å². The number of rotatable bonds is 1. The molecule has 0 aromatic carbocycles. The summed E-state index contributed by atoms with van der Waals surface area (Å²) >= 11 is 0. The largest absolute Gasteiger partial charge is 0.412 e. The van der Waals surface area contributed by atoms with Gasteiger partial charge < -0.3 is 11.2 Å². The Morgan fingerprint density at radius 3 is 1.86 bits per heavy atom. The second-order valence-corrected chi connectivity index (χ2v) is 0.606. The predicted molar refractivity (Wildman–Crippen MR) is 34.3 cm³/mol. The average molecular weight is 121 g/mol. The quantitative estimate of drug-likeness (QED) is 0.299. The van der Waals surface area contributed by atoms with E-state index >= 15 is 0 Å². The first-order chi connectivity index (χ1) is 2.27. The molecule has 0 aromatic rings. The van der Waals surface area contributed by atoms with E-state index in [0.717, 1.165) is 6.08 Å². The Bertz CT molecular complexity index is 64.0. The molecule has 0 bridgehead atoms. The number of amides is 1. The van der Waals surface area contributed by atoms with Gasteiger partial charge in [-0.3, -0.25) is 4.79 Å². The Labute approximate surface area is 46.5 Å². The maximum atomic E-state index is 9.47. The summed E-state index contributed by atoms with van der Waals surface area (Å²) in [6.07, 6.45) is 1.06. The molecule has 0 unspecified atom stereocenters. The van der Waals surface area contributed by atoms with E-state index in [9.17, 15) is 4.79 Å². The monoisotopic (exact) mass is 121 g/mol. The molecule has 0 fully saturated rings. The van der Waals surface area contributed by atoms with Gasteiger partial charge in [-0.1, -0.05) is 6.58 Å². The van der Waals surface area contributed by atoms with E-state index in [0.29, 0.717) is 0 Å². The van der Waals surface area contributed by atoms with Crippen molar-refractivity contribution in [3.8, 4) is 0 Å². The van der Waals surface area contributed by atoms with Crippen LogP contribution in [-0.2, 0) is 4.79 Å². The van der Waals surface area contributed by atoms with Crippen molar-refractivity contribution in [3.63, 3.8) is 0 Å². The minimum absolute atomic E-state index is 0. The van der Waals surface area contributed by atoms with Crippen LogP contribution in [0, 0.1) is 0 Å². The maximum absolute atomic E-state index is 9.47. The van der Waals surface area contributed by atoms with Gasteiger partial charge in [0.05, 0.1) is 0 Å². The van der Waals surface area contributed by atoms with Gasteiger partial charge in [-0.05, 0) is 17.0 Å². The van der Waals surface area contributed by atoms with E-state index in [-0.39, 0.29) is 16.4 Å². The van der Waals surface area contributed by atoms with E-state index in [1.807, 2.05) is 0 Å². The van der Waals surface area contributed by atoms with Crippen molar-refractivity contribution in [2.24, 2.45) is 5.73 Å². The molecule has 0 rings (SSSR count). The molecule has 0 aliphatic carbocycles. The lowest BCUT2D eigenvalue weighted by Gasteiger charge is -1.65. The molecule has 44 valence electrons. The minimum Gasteiger partial charge on any atom is -0.412 e. The molecular formula is C3H11NO2Si. The maximum Gasteiger partial charge on any atom is 0.240 e. The number of hydrogen-bond acceptors (Lipinski definition) is 1. The summed E-state index contributed by atoms with van der Waals surface area (Å²) in [5.74, 6) is -0.481. The van der Waals surface area contributed by atoms with Gasteiger partial charge in [0.2, 0.25) is 5.91 Å². The summed E-state index contributed by atoms with van der Waals surface area (Å²) in [7, 11) is 0. The second-order valence-electron chi connectivity index (χ2n) is 0.606. The first-order valence-corrected chi connectivity index (χ1v) is 1.19. The van der Waals surface area contributed by atoms with Gasteiger partial charge >= 0.3 is 0 Å². The molecule has 0 atom stereocenters.